The Morgan fingerprint density at radius 3 is 1.81 bits per heavy atom. The van der Waals surface area contributed by atoms with E-state index < -0.39 is 0 Å². The average molecular weight is 789 g/mol. The van der Waals surface area contributed by atoms with E-state index in [2.05, 4.69) is 67.7 Å². The lowest BCUT2D eigenvalue weighted by molar-refractivity contribution is 0.111. The molecule has 0 fully saturated rings. The maximum atomic E-state index is 10.8. The number of unbranched alkanes of at least 4 members (excludes halogenated alkanes) is 2. The molecular formula is C45H53ClN8O3. The predicted octanol–water partition coefficient (Wildman–Crippen LogP) is 11.5. The average Bonchev–Trinajstić information content (AvgIpc) is 4.06. The van der Waals surface area contributed by atoms with Crippen molar-refractivity contribution >= 4 is 52.5 Å². The van der Waals surface area contributed by atoms with Crippen LogP contribution < -0.4 is 9.47 Å². The van der Waals surface area contributed by atoms with E-state index in [1.165, 1.54) is 24.8 Å². The third-order valence-corrected chi connectivity index (χ3v) is 9.07. The largest absolute Gasteiger partial charge is 0.457 e. The van der Waals surface area contributed by atoms with Gasteiger partial charge in [0.1, 0.15) is 28.8 Å². The number of nitrogens with zero attached hydrogens (tertiary/aromatic N) is 5. The van der Waals surface area contributed by atoms with E-state index in [0.717, 1.165) is 88.1 Å². The molecule has 0 amide bonds. The Labute approximate surface area is 341 Å². The molecule has 57 heavy (non-hydrogen) atoms. The highest BCUT2D eigenvalue weighted by Crippen LogP contribution is 2.28. The Morgan fingerprint density at radius 2 is 1.30 bits per heavy atom. The van der Waals surface area contributed by atoms with Crippen LogP contribution in [-0.2, 0) is 6.54 Å². The summed E-state index contributed by atoms with van der Waals surface area (Å²) in [4.78, 5) is 32.4. The molecule has 0 spiro atoms. The number of H-pyrrole nitrogens is 3. The topological polar surface area (TPSA) is 137 Å². The number of halogens is 1. The lowest BCUT2D eigenvalue weighted by atomic mass is 10.1. The van der Waals surface area contributed by atoms with Gasteiger partial charge in [-0.1, -0.05) is 66.5 Å². The number of carbonyl (C=O) groups is 1. The molecule has 1 aliphatic heterocycles. The molecule has 298 valence electrons. The van der Waals surface area contributed by atoms with Gasteiger partial charge in [0.2, 0.25) is 0 Å². The van der Waals surface area contributed by atoms with Crippen molar-refractivity contribution in [1.82, 2.24) is 35.0 Å². The second-order valence-corrected chi connectivity index (χ2v) is 13.0. The van der Waals surface area contributed by atoms with Crippen molar-refractivity contribution in [2.75, 3.05) is 19.6 Å². The second kappa shape index (κ2) is 21.9. The zero-order chi connectivity index (χ0) is 38.4. The summed E-state index contributed by atoms with van der Waals surface area (Å²) in [6.07, 6.45) is 10.4. The molecule has 0 radical (unpaired) electrons. The van der Waals surface area contributed by atoms with Crippen LogP contribution in [-0.4, -0.2) is 67.2 Å². The summed E-state index contributed by atoms with van der Waals surface area (Å²) in [5, 5.41) is 6.94. The Morgan fingerprint density at radius 1 is 0.719 bits per heavy atom. The minimum atomic E-state index is 0. The van der Waals surface area contributed by atoms with Gasteiger partial charge in [-0.3, -0.25) is 19.8 Å². The van der Waals surface area contributed by atoms with E-state index in [-0.39, 0.29) is 19.8 Å². The van der Waals surface area contributed by atoms with Gasteiger partial charge in [-0.05, 0) is 103 Å². The number of hydrogen-bond acceptors (Lipinski definition) is 8. The molecule has 0 atom stereocenters. The maximum Gasteiger partial charge on any atom is 0.185 e. The molecule has 11 nitrogen and oxygen atoms in total. The normalized spacial score (nSPS) is 11.5. The first-order chi connectivity index (χ1) is 27.0. The molecule has 3 aromatic heterocycles. The van der Waals surface area contributed by atoms with E-state index >= 15 is 0 Å². The summed E-state index contributed by atoms with van der Waals surface area (Å²) in [6.45, 7) is 12.3. The quantitative estimate of drug-likeness (QED) is 0.0989. The standard InChI is InChI=1S/C21H23N5O.C18H13N3O2.C5H12.CH4.ClH/c1-3-26(4-2)14-21-23-19-10-9-17(13-20(19)24-21)27-16-7-5-15(6-8-16)18-11-12-22-25-18;22-11-18-20-16-6-5-15(9-17(16)21-18)23-14-3-1-12(2-4-14)13-7-8-19-10-13;1-3-5-4-2;;/h5-13H,3-4,14H2,1-2H3,(H,22,25)(H,23,24);1-9,11H,10H2,(H,20,21);3-5H2,1-2H3;1H4;1H. The van der Waals surface area contributed by atoms with Gasteiger partial charge in [0.25, 0.3) is 0 Å². The zero-order valence-corrected chi connectivity index (χ0v) is 33.1. The number of carbonyl (C=O) groups excluding carboxylic acids is 1. The number of rotatable bonds is 13. The molecule has 8 rings (SSSR count). The first-order valence-electron chi connectivity index (χ1n) is 18.9. The van der Waals surface area contributed by atoms with Gasteiger partial charge in [-0.25, -0.2) is 9.97 Å². The molecule has 0 unspecified atom stereocenters. The molecule has 7 aromatic rings. The monoisotopic (exact) mass is 788 g/mol. The predicted molar refractivity (Wildman–Crippen MR) is 235 cm³/mol. The maximum absolute atomic E-state index is 10.8. The Hall–Kier alpha value is -6.04. The summed E-state index contributed by atoms with van der Waals surface area (Å²) in [5.74, 6) is 4.32. The van der Waals surface area contributed by atoms with Gasteiger partial charge in [-0.15, -0.1) is 12.4 Å². The highest BCUT2D eigenvalue weighted by atomic mass is 35.5. The highest BCUT2D eigenvalue weighted by molar-refractivity contribution is 5.89. The van der Waals surface area contributed by atoms with Gasteiger partial charge >= 0.3 is 0 Å². The molecule has 4 aromatic carbocycles. The molecule has 3 N–H and O–H groups in total. The van der Waals surface area contributed by atoms with Gasteiger partial charge in [0.05, 0.1) is 40.9 Å². The molecule has 0 bridgehead atoms. The van der Waals surface area contributed by atoms with Crippen LogP contribution in [0.5, 0.6) is 23.0 Å². The number of ether oxygens (including phenoxy) is 2. The fourth-order valence-electron chi connectivity index (χ4n) is 5.98. The summed E-state index contributed by atoms with van der Waals surface area (Å²) in [6, 6.07) is 29.2. The number of fused-ring (bicyclic) bond motifs is 2. The number of benzene rings is 4. The third kappa shape index (κ3) is 12.0. The van der Waals surface area contributed by atoms with Crippen LogP contribution in [0.4, 0.5) is 0 Å². The Balaban J connectivity index is 0.000000221. The van der Waals surface area contributed by atoms with Crippen molar-refractivity contribution in [3.05, 3.63) is 120 Å². The summed E-state index contributed by atoms with van der Waals surface area (Å²) in [7, 11) is 0. The minimum Gasteiger partial charge on any atom is -0.457 e. The molecule has 12 heteroatoms. The van der Waals surface area contributed by atoms with Crippen molar-refractivity contribution in [3.63, 3.8) is 0 Å². The van der Waals surface area contributed by atoms with Gasteiger partial charge < -0.3 is 19.4 Å². The van der Waals surface area contributed by atoms with E-state index in [9.17, 15) is 4.79 Å². The smallest absolute Gasteiger partial charge is 0.185 e. The lowest BCUT2D eigenvalue weighted by Crippen LogP contribution is -2.22. The molecule has 0 saturated heterocycles. The van der Waals surface area contributed by atoms with Crippen molar-refractivity contribution in [2.24, 2.45) is 4.99 Å². The number of hydrogen-bond donors (Lipinski definition) is 3. The van der Waals surface area contributed by atoms with Crippen LogP contribution in [0, 0.1) is 0 Å². The number of aliphatic imine (C=N–C) groups is 1. The molecule has 0 saturated carbocycles. The Kier molecular flexibility index (Phi) is 16.8. The number of aromatic amines is 3. The van der Waals surface area contributed by atoms with Crippen LogP contribution in [0.15, 0.2) is 108 Å². The molecule has 1 aliphatic rings. The third-order valence-electron chi connectivity index (χ3n) is 9.07. The second-order valence-electron chi connectivity index (χ2n) is 13.0. The number of imidazole rings is 2. The number of aromatic nitrogens is 6. The van der Waals surface area contributed by atoms with E-state index in [1.807, 2.05) is 103 Å². The number of aldehydes is 1. The number of nitrogens with one attached hydrogen (secondary N) is 3. The molecular weight excluding hydrogens is 736 g/mol. The van der Waals surface area contributed by atoms with Crippen molar-refractivity contribution in [3.8, 4) is 34.3 Å². The van der Waals surface area contributed by atoms with Crippen LogP contribution in [0.25, 0.3) is 38.9 Å². The highest BCUT2D eigenvalue weighted by Gasteiger charge is 2.10. The van der Waals surface area contributed by atoms with Crippen molar-refractivity contribution in [1.29, 1.82) is 0 Å². The van der Waals surface area contributed by atoms with Crippen LogP contribution in [0.2, 0.25) is 0 Å². The van der Waals surface area contributed by atoms with E-state index in [1.54, 1.807) is 6.20 Å². The summed E-state index contributed by atoms with van der Waals surface area (Å²) < 4.78 is 11.9. The van der Waals surface area contributed by atoms with Gasteiger partial charge in [-0.2, -0.15) is 5.10 Å². The molecule has 4 heterocycles. The fourth-order valence-corrected chi connectivity index (χ4v) is 5.98. The zero-order valence-electron chi connectivity index (χ0n) is 32.3. The fraction of sp³-hybridized carbons (Fsp3) is 0.267. The Bertz CT molecular complexity index is 2320. The SMILES string of the molecule is C.CCCCC.CCN(CC)Cc1nc2ccc(Oc3ccc(-c4ccn[nH]4)cc3)cc2[nH]1.Cl.O=Cc1nc2ccc(Oc3ccc(C4=CC=NC4)cc3)cc2[nH]1. The van der Waals surface area contributed by atoms with Crippen molar-refractivity contribution in [2.45, 2.75) is 60.9 Å². The summed E-state index contributed by atoms with van der Waals surface area (Å²) >= 11 is 0. The van der Waals surface area contributed by atoms with Crippen molar-refractivity contribution < 1.29 is 14.3 Å². The summed E-state index contributed by atoms with van der Waals surface area (Å²) in [5.41, 5.74) is 7.87. The van der Waals surface area contributed by atoms with Crippen LogP contribution >= 0.6 is 12.4 Å². The minimum absolute atomic E-state index is 0. The van der Waals surface area contributed by atoms with Crippen LogP contribution in [0.3, 0.4) is 0 Å². The molecule has 0 aliphatic carbocycles. The first-order valence-corrected chi connectivity index (χ1v) is 18.9. The van der Waals surface area contributed by atoms with Crippen LogP contribution in [0.1, 0.15) is 76.4 Å². The van der Waals surface area contributed by atoms with Gasteiger partial charge in [0, 0.05) is 24.5 Å². The van der Waals surface area contributed by atoms with E-state index in [0.29, 0.717) is 17.9 Å². The number of allylic oxidation sites excluding steroid dienone is 1. The van der Waals surface area contributed by atoms with E-state index in [4.69, 9.17) is 9.47 Å². The van der Waals surface area contributed by atoms with Gasteiger partial charge in [0.15, 0.2) is 12.1 Å². The first kappa shape index (κ1) is 43.7. The lowest BCUT2D eigenvalue weighted by Gasteiger charge is -2.15.